The number of H-pyrrole nitrogens is 1. The lowest BCUT2D eigenvalue weighted by Gasteiger charge is -2.00. The zero-order valence-electron chi connectivity index (χ0n) is 13.0. The van der Waals surface area contributed by atoms with E-state index in [9.17, 15) is 9.90 Å². The SMILES string of the molecule is O=C(N/N=C/c1ccc(O)cc1Cl)c1cc(-c2ccc(Cl)cc2Cl)n[nH]1. The second-order valence-electron chi connectivity index (χ2n) is 5.20. The van der Waals surface area contributed by atoms with Gasteiger partial charge in [0.1, 0.15) is 11.4 Å². The minimum atomic E-state index is -0.486. The fourth-order valence-electron chi connectivity index (χ4n) is 2.11. The number of hydrogen-bond acceptors (Lipinski definition) is 4. The van der Waals surface area contributed by atoms with Gasteiger partial charge in [-0.05, 0) is 42.5 Å². The molecule has 0 aliphatic rings. The number of phenols is 1. The molecule has 3 rings (SSSR count). The van der Waals surface area contributed by atoms with E-state index in [0.29, 0.717) is 31.9 Å². The van der Waals surface area contributed by atoms with Gasteiger partial charge < -0.3 is 5.11 Å². The highest BCUT2D eigenvalue weighted by Gasteiger charge is 2.12. The van der Waals surface area contributed by atoms with Gasteiger partial charge in [0.2, 0.25) is 0 Å². The van der Waals surface area contributed by atoms with Crippen molar-refractivity contribution < 1.29 is 9.90 Å². The lowest BCUT2D eigenvalue weighted by atomic mass is 10.1. The summed E-state index contributed by atoms with van der Waals surface area (Å²) >= 11 is 18.0. The normalized spacial score (nSPS) is 11.0. The van der Waals surface area contributed by atoms with Crippen molar-refractivity contribution in [1.82, 2.24) is 15.6 Å². The molecular formula is C17H11Cl3N4O2. The number of hydrogen-bond donors (Lipinski definition) is 3. The van der Waals surface area contributed by atoms with E-state index in [1.54, 1.807) is 30.3 Å². The van der Waals surface area contributed by atoms with E-state index in [1.165, 1.54) is 18.3 Å². The Hall–Kier alpha value is -2.54. The van der Waals surface area contributed by atoms with E-state index in [-0.39, 0.29) is 11.4 Å². The van der Waals surface area contributed by atoms with Gasteiger partial charge in [-0.1, -0.05) is 34.8 Å². The third-order valence-corrected chi connectivity index (χ3v) is 4.26. The molecule has 3 N–H and O–H groups in total. The fourth-order valence-corrected chi connectivity index (χ4v) is 2.84. The molecule has 0 unspecified atom stereocenters. The van der Waals surface area contributed by atoms with Gasteiger partial charge in [-0.25, -0.2) is 5.43 Å². The molecule has 0 aliphatic heterocycles. The van der Waals surface area contributed by atoms with Crippen LogP contribution >= 0.6 is 34.8 Å². The first-order chi connectivity index (χ1) is 12.4. The number of aromatic hydroxyl groups is 1. The molecule has 26 heavy (non-hydrogen) atoms. The van der Waals surface area contributed by atoms with Gasteiger partial charge >= 0.3 is 0 Å². The molecule has 0 spiro atoms. The molecule has 0 saturated carbocycles. The largest absolute Gasteiger partial charge is 0.508 e. The summed E-state index contributed by atoms with van der Waals surface area (Å²) in [4.78, 5) is 12.1. The summed E-state index contributed by atoms with van der Waals surface area (Å²) in [5.74, 6) is -0.443. The number of nitrogens with one attached hydrogen (secondary N) is 2. The van der Waals surface area contributed by atoms with Crippen molar-refractivity contribution in [1.29, 1.82) is 0 Å². The van der Waals surface area contributed by atoms with E-state index < -0.39 is 5.91 Å². The Bertz CT molecular complexity index is 1000. The minimum absolute atomic E-state index is 0.0436. The van der Waals surface area contributed by atoms with Crippen LogP contribution in [0.1, 0.15) is 16.1 Å². The lowest BCUT2D eigenvalue weighted by molar-refractivity contribution is 0.0950. The van der Waals surface area contributed by atoms with Gasteiger partial charge in [-0.3, -0.25) is 9.89 Å². The van der Waals surface area contributed by atoms with Gasteiger partial charge in [0, 0.05) is 16.1 Å². The summed E-state index contributed by atoms with van der Waals surface area (Å²) in [5.41, 5.74) is 4.26. The molecule has 9 heteroatoms. The monoisotopic (exact) mass is 408 g/mol. The number of amides is 1. The Morgan fingerprint density at radius 1 is 1.12 bits per heavy atom. The Morgan fingerprint density at radius 2 is 1.92 bits per heavy atom. The van der Waals surface area contributed by atoms with Gasteiger partial charge in [0.05, 0.1) is 22.0 Å². The molecule has 1 aromatic heterocycles. The van der Waals surface area contributed by atoms with Crippen molar-refractivity contribution in [3.63, 3.8) is 0 Å². The second-order valence-corrected chi connectivity index (χ2v) is 6.45. The molecule has 0 radical (unpaired) electrons. The Labute approximate surface area is 163 Å². The summed E-state index contributed by atoms with van der Waals surface area (Å²) < 4.78 is 0. The minimum Gasteiger partial charge on any atom is -0.508 e. The van der Waals surface area contributed by atoms with E-state index in [1.807, 2.05) is 0 Å². The molecule has 2 aromatic carbocycles. The van der Waals surface area contributed by atoms with Crippen molar-refractivity contribution >= 4 is 46.9 Å². The summed E-state index contributed by atoms with van der Waals surface area (Å²) in [5, 5.41) is 21.1. The maximum atomic E-state index is 12.1. The van der Waals surface area contributed by atoms with Crippen LogP contribution in [0.3, 0.4) is 0 Å². The van der Waals surface area contributed by atoms with Crippen LogP contribution in [0.2, 0.25) is 15.1 Å². The third-order valence-electron chi connectivity index (χ3n) is 3.38. The molecule has 0 bridgehead atoms. The van der Waals surface area contributed by atoms with Crippen LogP contribution in [0.15, 0.2) is 47.6 Å². The molecule has 1 heterocycles. The van der Waals surface area contributed by atoms with Crippen LogP contribution in [0.5, 0.6) is 5.75 Å². The first-order valence-electron chi connectivity index (χ1n) is 7.27. The van der Waals surface area contributed by atoms with E-state index in [4.69, 9.17) is 34.8 Å². The summed E-state index contributed by atoms with van der Waals surface area (Å²) in [6, 6.07) is 11.0. The first-order valence-corrected chi connectivity index (χ1v) is 8.40. The Kier molecular flexibility index (Phi) is 5.46. The average molecular weight is 410 g/mol. The van der Waals surface area contributed by atoms with Gasteiger partial charge in [-0.15, -0.1) is 0 Å². The summed E-state index contributed by atoms with van der Waals surface area (Å²) in [6.07, 6.45) is 1.37. The van der Waals surface area contributed by atoms with Crippen LogP contribution in [-0.2, 0) is 0 Å². The molecule has 0 fully saturated rings. The number of hydrazone groups is 1. The van der Waals surface area contributed by atoms with Crippen molar-refractivity contribution in [2.75, 3.05) is 0 Å². The number of nitrogens with zero attached hydrogens (tertiary/aromatic N) is 2. The van der Waals surface area contributed by atoms with Crippen LogP contribution in [0, 0.1) is 0 Å². The lowest BCUT2D eigenvalue weighted by Crippen LogP contribution is -2.18. The first kappa shape index (κ1) is 18.3. The van der Waals surface area contributed by atoms with Crippen LogP contribution < -0.4 is 5.43 Å². The van der Waals surface area contributed by atoms with Gasteiger partial charge in [0.15, 0.2) is 0 Å². The third kappa shape index (κ3) is 4.16. The number of carbonyl (C=O) groups is 1. The molecule has 6 nitrogen and oxygen atoms in total. The quantitative estimate of drug-likeness (QED) is 0.437. The zero-order chi connectivity index (χ0) is 18.7. The summed E-state index contributed by atoms with van der Waals surface area (Å²) in [7, 11) is 0. The highest BCUT2D eigenvalue weighted by Crippen LogP contribution is 2.29. The van der Waals surface area contributed by atoms with Crippen LogP contribution in [0.25, 0.3) is 11.3 Å². The highest BCUT2D eigenvalue weighted by molar-refractivity contribution is 6.36. The molecule has 0 atom stereocenters. The number of benzene rings is 2. The van der Waals surface area contributed by atoms with Gasteiger partial charge in [-0.2, -0.15) is 10.2 Å². The molecule has 0 aliphatic carbocycles. The summed E-state index contributed by atoms with van der Waals surface area (Å²) in [6.45, 7) is 0. The number of halogens is 3. The second kappa shape index (κ2) is 7.78. The Morgan fingerprint density at radius 3 is 2.65 bits per heavy atom. The number of aromatic nitrogens is 2. The molecule has 1 amide bonds. The van der Waals surface area contributed by atoms with Crippen molar-refractivity contribution in [2.45, 2.75) is 0 Å². The number of carbonyl (C=O) groups excluding carboxylic acids is 1. The molecule has 3 aromatic rings. The Balaban J connectivity index is 1.71. The van der Waals surface area contributed by atoms with Gasteiger partial charge in [0.25, 0.3) is 5.91 Å². The number of rotatable bonds is 4. The van der Waals surface area contributed by atoms with E-state index in [0.717, 1.165) is 0 Å². The van der Waals surface area contributed by atoms with Crippen molar-refractivity contribution in [3.8, 4) is 17.0 Å². The maximum absolute atomic E-state index is 12.1. The zero-order valence-corrected chi connectivity index (χ0v) is 15.3. The van der Waals surface area contributed by atoms with Crippen LogP contribution in [0.4, 0.5) is 0 Å². The smallest absolute Gasteiger partial charge is 0.289 e. The molecule has 0 saturated heterocycles. The maximum Gasteiger partial charge on any atom is 0.289 e. The number of aromatic amines is 1. The van der Waals surface area contributed by atoms with E-state index in [2.05, 4.69) is 20.7 Å². The average Bonchev–Trinajstić information content (AvgIpc) is 3.06. The number of phenolic OH excluding ortho intramolecular Hbond substituents is 1. The van der Waals surface area contributed by atoms with Crippen molar-refractivity contribution in [3.05, 3.63) is 68.8 Å². The predicted octanol–water partition coefficient (Wildman–Crippen LogP) is 4.51. The molecule has 132 valence electrons. The van der Waals surface area contributed by atoms with E-state index >= 15 is 0 Å². The molecular weight excluding hydrogens is 399 g/mol. The van der Waals surface area contributed by atoms with Crippen LogP contribution in [-0.4, -0.2) is 27.4 Å². The van der Waals surface area contributed by atoms with Crippen molar-refractivity contribution in [2.24, 2.45) is 5.10 Å². The predicted molar refractivity (Wildman–Crippen MR) is 102 cm³/mol. The highest BCUT2D eigenvalue weighted by atomic mass is 35.5. The standard InChI is InChI=1S/C17H11Cl3N4O2/c18-10-2-4-12(14(20)5-10)15-7-16(23-22-15)17(26)24-21-8-9-1-3-11(25)6-13(9)19/h1-8,25H,(H,22,23)(H,24,26)/b21-8+. The fraction of sp³-hybridized carbons (Fsp3) is 0. The topological polar surface area (TPSA) is 90.4 Å².